The predicted octanol–water partition coefficient (Wildman–Crippen LogP) is 3.62. The Labute approximate surface area is 156 Å². The van der Waals surface area contributed by atoms with Crippen molar-refractivity contribution < 1.29 is 14.0 Å². The lowest BCUT2D eigenvalue weighted by molar-refractivity contribution is -0.180. The predicted molar refractivity (Wildman–Crippen MR) is 98.6 cm³/mol. The van der Waals surface area contributed by atoms with Gasteiger partial charge in [0.2, 0.25) is 5.79 Å². The van der Waals surface area contributed by atoms with E-state index < -0.39 is 5.79 Å². The fraction of sp³-hybridized carbons (Fsp3) is 0.526. The van der Waals surface area contributed by atoms with Crippen molar-refractivity contribution in [2.45, 2.75) is 49.4 Å². The largest absolute Gasteiger partial charge is 0.360 e. The zero-order valence-electron chi connectivity index (χ0n) is 14.5. The number of nitrogens with zero attached hydrogens (tertiary/aromatic N) is 1. The molecule has 3 atom stereocenters. The van der Waals surface area contributed by atoms with Gasteiger partial charge in [0.1, 0.15) is 11.5 Å². The molecule has 1 spiro atoms. The van der Waals surface area contributed by atoms with Gasteiger partial charge in [-0.3, -0.25) is 0 Å². The van der Waals surface area contributed by atoms with Crippen LogP contribution in [0.2, 0.25) is 0 Å². The van der Waals surface area contributed by atoms with Crippen molar-refractivity contribution in [1.82, 2.24) is 10.5 Å². The molecule has 134 valence electrons. The molecule has 2 aromatic rings. The maximum atomic E-state index is 6.47. The Morgan fingerprint density at radius 2 is 2.12 bits per heavy atom. The van der Waals surface area contributed by atoms with Crippen LogP contribution in [0, 0.1) is 0 Å². The molecule has 5 nitrogen and oxygen atoms in total. The normalized spacial score (nSPS) is 28.6. The molecule has 4 rings (SSSR count). The lowest BCUT2D eigenvalue weighted by atomic mass is 9.88. The summed E-state index contributed by atoms with van der Waals surface area (Å²) in [5.41, 5.74) is 2.78. The van der Waals surface area contributed by atoms with Crippen molar-refractivity contribution in [3.8, 4) is 11.3 Å². The topological polar surface area (TPSA) is 56.5 Å². The minimum atomic E-state index is -0.831. The zero-order valence-corrected chi connectivity index (χ0v) is 16.1. The molecule has 2 heterocycles. The molecule has 1 saturated heterocycles. The Morgan fingerprint density at radius 1 is 1.32 bits per heavy atom. The summed E-state index contributed by atoms with van der Waals surface area (Å²) in [6.07, 6.45) is 1.72. The fourth-order valence-corrected chi connectivity index (χ4v) is 4.25. The van der Waals surface area contributed by atoms with E-state index in [1.54, 1.807) is 0 Å². The number of alkyl halides is 1. The van der Waals surface area contributed by atoms with Gasteiger partial charge in [0.15, 0.2) is 0 Å². The van der Waals surface area contributed by atoms with E-state index in [-0.39, 0.29) is 10.9 Å². The summed E-state index contributed by atoms with van der Waals surface area (Å²) in [4.78, 5) is 0.0680. The van der Waals surface area contributed by atoms with E-state index in [4.69, 9.17) is 14.0 Å². The smallest absolute Gasteiger partial charge is 0.213 e. The second-order valence-corrected chi connectivity index (χ2v) is 8.09. The van der Waals surface area contributed by atoms with Crippen molar-refractivity contribution in [3.05, 3.63) is 41.7 Å². The molecule has 25 heavy (non-hydrogen) atoms. The fourth-order valence-electron chi connectivity index (χ4n) is 3.55. The quantitative estimate of drug-likeness (QED) is 0.785. The third kappa shape index (κ3) is 3.05. The third-order valence-corrected chi connectivity index (χ3v) is 5.84. The first kappa shape index (κ1) is 17.2. The van der Waals surface area contributed by atoms with E-state index in [2.05, 4.69) is 40.3 Å². The molecule has 1 aromatic carbocycles. The number of aromatic nitrogens is 1. The van der Waals surface area contributed by atoms with Crippen LogP contribution in [0.15, 0.2) is 34.9 Å². The van der Waals surface area contributed by atoms with Gasteiger partial charge in [-0.2, -0.15) is 0 Å². The Hall–Kier alpha value is -1.21. The Bertz CT molecular complexity index is 734. The Kier molecular flexibility index (Phi) is 4.71. The number of rotatable bonds is 4. The van der Waals surface area contributed by atoms with Gasteiger partial charge < -0.3 is 19.3 Å². The van der Waals surface area contributed by atoms with Gasteiger partial charge in [0.05, 0.1) is 23.1 Å². The average molecular weight is 407 g/mol. The number of hydrogen-bond acceptors (Lipinski definition) is 5. The van der Waals surface area contributed by atoms with Crippen LogP contribution in [0.1, 0.15) is 31.6 Å². The van der Waals surface area contributed by atoms with Gasteiger partial charge in [0.25, 0.3) is 0 Å². The molecule has 6 heteroatoms. The summed E-state index contributed by atoms with van der Waals surface area (Å²) in [5.74, 6) is 0.0363. The highest BCUT2D eigenvalue weighted by atomic mass is 79.9. The number of fused-ring (bicyclic) bond motifs is 2. The molecule has 0 saturated carbocycles. The van der Waals surface area contributed by atoms with Crippen molar-refractivity contribution in [3.63, 3.8) is 0 Å². The minimum Gasteiger partial charge on any atom is -0.360 e. The highest BCUT2D eigenvalue weighted by Crippen LogP contribution is 2.50. The highest BCUT2D eigenvalue weighted by Gasteiger charge is 2.54. The van der Waals surface area contributed by atoms with Crippen LogP contribution in [0.3, 0.4) is 0 Å². The lowest BCUT2D eigenvalue weighted by Crippen LogP contribution is -2.43. The van der Waals surface area contributed by atoms with Crippen LogP contribution < -0.4 is 5.32 Å². The van der Waals surface area contributed by atoms with Gasteiger partial charge in [-0.05, 0) is 6.42 Å². The molecular formula is C19H23BrN2O3. The van der Waals surface area contributed by atoms with Crippen LogP contribution >= 0.6 is 15.9 Å². The van der Waals surface area contributed by atoms with Gasteiger partial charge >= 0.3 is 0 Å². The van der Waals surface area contributed by atoms with Crippen molar-refractivity contribution in [1.29, 1.82) is 0 Å². The van der Waals surface area contributed by atoms with Crippen LogP contribution in [-0.2, 0) is 21.7 Å². The Morgan fingerprint density at radius 3 is 2.88 bits per heavy atom. The maximum Gasteiger partial charge on any atom is 0.213 e. The first-order valence-electron chi connectivity index (χ1n) is 8.84. The van der Waals surface area contributed by atoms with Crippen molar-refractivity contribution >= 4 is 15.9 Å². The van der Waals surface area contributed by atoms with Crippen LogP contribution in [0.4, 0.5) is 0 Å². The van der Waals surface area contributed by atoms with Crippen LogP contribution in [0.25, 0.3) is 11.3 Å². The van der Waals surface area contributed by atoms with E-state index in [0.29, 0.717) is 12.6 Å². The summed E-state index contributed by atoms with van der Waals surface area (Å²) in [6.45, 7) is 5.58. The van der Waals surface area contributed by atoms with Crippen LogP contribution in [0.5, 0.6) is 0 Å². The van der Waals surface area contributed by atoms with E-state index >= 15 is 0 Å². The minimum absolute atomic E-state index is 0.00641. The monoisotopic (exact) mass is 406 g/mol. The third-order valence-electron chi connectivity index (χ3n) is 4.77. The molecule has 0 amide bonds. The SMILES string of the molecule is CC(C)NCC1COC2(O1)c1c(-c3ccccc3)noc1CCC2Br. The van der Waals surface area contributed by atoms with Crippen molar-refractivity contribution in [2.75, 3.05) is 13.2 Å². The van der Waals surface area contributed by atoms with E-state index in [0.717, 1.165) is 42.0 Å². The molecule has 1 aromatic heterocycles. The van der Waals surface area contributed by atoms with Gasteiger partial charge in [-0.15, -0.1) is 0 Å². The van der Waals surface area contributed by atoms with Crippen molar-refractivity contribution in [2.24, 2.45) is 0 Å². The molecule has 1 fully saturated rings. The van der Waals surface area contributed by atoms with Gasteiger partial charge in [0, 0.05) is 24.6 Å². The number of ether oxygens (including phenoxy) is 2. The average Bonchev–Trinajstić information content (AvgIpc) is 3.23. The number of aryl methyl sites for hydroxylation is 1. The number of nitrogens with one attached hydrogen (secondary N) is 1. The second-order valence-electron chi connectivity index (χ2n) is 6.98. The highest BCUT2D eigenvalue weighted by molar-refractivity contribution is 9.09. The zero-order chi connectivity index (χ0) is 17.4. The first-order valence-corrected chi connectivity index (χ1v) is 9.75. The molecule has 1 N–H and O–H groups in total. The van der Waals surface area contributed by atoms with Crippen LogP contribution in [-0.4, -0.2) is 35.3 Å². The summed E-state index contributed by atoms with van der Waals surface area (Å²) in [6, 6.07) is 10.5. The van der Waals surface area contributed by atoms with E-state index in [1.165, 1.54) is 0 Å². The molecule has 0 bridgehead atoms. The molecular weight excluding hydrogens is 384 g/mol. The Balaban J connectivity index is 1.70. The molecule has 3 unspecified atom stereocenters. The molecule has 1 aliphatic heterocycles. The molecule has 0 radical (unpaired) electrons. The molecule has 1 aliphatic carbocycles. The summed E-state index contributed by atoms with van der Waals surface area (Å²) in [7, 11) is 0. The summed E-state index contributed by atoms with van der Waals surface area (Å²) < 4.78 is 18.4. The second kappa shape index (κ2) is 6.83. The number of benzene rings is 1. The first-order chi connectivity index (χ1) is 12.1. The van der Waals surface area contributed by atoms with Gasteiger partial charge in [-0.25, -0.2) is 0 Å². The maximum absolute atomic E-state index is 6.47. The number of hydrogen-bond donors (Lipinski definition) is 1. The summed E-state index contributed by atoms with van der Waals surface area (Å²) >= 11 is 3.80. The lowest BCUT2D eigenvalue weighted by Gasteiger charge is -2.36. The summed E-state index contributed by atoms with van der Waals surface area (Å²) in [5, 5.41) is 7.78. The standard InChI is InChI=1S/C19H23BrN2O3/c1-12(2)21-10-14-11-23-19(24-14)16(20)9-8-15-17(19)18(22-25-15)13-6-4-3-5-7-13/h3-7,12,14,16,21H,8-11H2,1-2H3. The molecule has 2 aliphatic rings. The van der Waals surface area contributed by atoms with E-state index in [9.17, 15) is 0 Å². The number of halogens is 1. The van der Waals surface area contributed by atoms with E-state index in [1.807, 2.05) is 30.3 Å². The van der Waals surface area contributed by atoms with Gasteiger partial charge in [-0.1, -0.05) is 65.3 Å².